The third-order valence-corrected chi connectivity index (χ3v) is 7.05. The normalized spacial score (nSPS) is 21.9. The fourth-order valence-electron chi connectivity index (χ4n) is 4.28. The summed E-state index contributed by atoms with van der Waals surface area (Å²) >= 11 is 0. The summed E-state index contributed by atoms with van der Waals surface area (Å²) in [6.07, 6.45) is 3.59. The van der Waals surface area contributed by atoms with Crippen molar-refractivity contribution in [3.05, 3.63) is 30.3 Å². The Morgan fingerprint density at radius 3 is 1.44 bits per heavy atom. The average molecular weight is 344 g/mol. The summed E-state index contributed by atoms with van der Waals surface area (Å²) in [5.41, 5.74) is 0.383. The third kappa shape index (κ3) is 3.14. The van der Waals surface area contributed by atoms with Crippen LogP contribution in [0.5, 0.6) is 0 Å². The van der Waals surface area contributed by atoms with Gasteiger partial charge in [0.2, 0.25) is 11.8 Å². The minimum absolute atomic E-state index is 0.0134. The summed E-state index contributed by atoms with van der Waals surface area (Å²) < 4.78 is 0. The zero-order chi connectivity index (χ0) is 18.8. The molecular formula is C22H33NO2. The fourth-order valence-corrected chi connectivity index (χ4v) is 4.28. The lowest BCUT2D eigenvalue weighted by molar-refractivity contribution is -0.130. The number of anilines is 1. The van der Waals surface area contributed by atoms with Crippen LogP contribution in [0.25, 0.3) is 0 Å². The Labute approximate surface area is 152 Å². The summed E-state index contributed by atoms with van der Waals surface area (Å²) in [5.74, 6) is -0.527. The van der Waals surface area contributed by atoms with Crippen molar-refractivity contribution >= 4 is 17.5 Å². The molecule has 1 saturated heterocycles. The zero-order valence-electron chi connectivity index (χ0n) is 16.6. The van der Waals surface area contributed by atoms with Crippen molar-refractivity contribution in [1.82, 2.24) is 0 Å². The molecule has 1 heterocycles. The van der Waals surface area contributed by atoms with Crippen LogP contribution < -0.4 is 4.90 Å². The van der Waals surface area contributed by atoms with Gasteiger partial charge in [0, 0.05) is 0 Å². The number of hydrogen-bond acceptors (Lipinski definition) is 2. The van der Waals surface area contributed by atoms with Crippen LogP contribution in [-0.2, 0) is 9.59 Å². The van der Waals surface area contributed by atoms with Gasteiger partial charge in [0.25, 0.3) is 0 Å². The highest BCUT2D eigenvalue weighted by molar-refractivity contribution is 6.22. The maximum absolute atomic E-state index is 13.5. The molecule has 25 heavy (non-hydrogen) atoms. The van der Waals surface area contributed by atoms with E-state index in [1.807, 2.05) is 30.3 Å². The third-order valence-electron chi connectivity index (χ3n) is 7.05. The van der Waals surface area contributed by atoms with Gasteiger partial charge in [0.15, 0.2) is 0 Å². The van der Waals surface area contributed by atoms with Crippen LogP contribution in [0.3, 0.4) is 0 Å². The molecule has 0 spiro atoms. The molecule has 2 unspecified atom stereocenters. The first-order valence-corrected chi connectivity index (χ1v) is 9.72. The predicted molar refractivity (Wildman–Crippen MR) is 103 cm³/mol. The number of amides is 2. The van der Waals surface area contributed by atoms with Gasteiger partial charge in [-0.25, -0.2) is 0 Å². The smallest absolute Gasteiger partial charge is 0.238 e. The van der Waals surface area contributed by atoms with Gasteiger partial charge in [-0.2, -0.15) is 0 Å². The largest absolute Gasteiger partial charge is 0.274 e. The first-order valence-electron chi connectivity index (χ1n) is 9.72. The summed E-state index contributed by atoms with van der Waals surface area (Å²) in [6.45, 7) is 12.9. The Kier molecular flexibility index (Phi) is 5.75. The highest BCUT2D eigenvalue weighted by atomic mass is 16.2. The van der Waals surface area contributed by atoms with Gasteiger partial charge in [0.05, 0.1) is 17.5 Å². The van der Waals surface area contributed by atoms with Gasteiger partial charge in [-0.15, -0.1) is 0 Å². The molecule has 2 rings (SSSR count). The van der Waals surface area contributed by atoms with E-state index in [2.05, 4.69) is 41.5 Å². The Bertz CT molecular complexity index is 578. The number of carbonyl (C=O) groups excluding carboxylic acids is 2. The lowest BCUT2D eigenvalue weighted by Gasteiger charge is -2.42. The molecule has 0 aliphatic carbocycles. The van der Waals surface area contributed by atoms with E-state index in [-0.39, 0.29) is 34.5 Å². The number of rotatable bonds is 7. The lowest BCUT2D eigenvalue weighted by atomic mass is 9.59. The minimum Gasteiger partial charge on any atom is -0.274 e. The fraction of sp³-hybridized carbons (Fsp3) is 0.636. The predicted octanol–water partition coefficient (Wildman–Crippen LogP) is 5.44. The van der Waals surface area contributed by atoms with Gasteiger partial charge in [0.1, 0.15) is 0 Å². The van der Waals surface area contributed by atoms with E-state index in [9.17, 15) is 9.59 Å². The maximum Gasteiger partial charge on any atom is 0.238 e. The van der Waals surface area contributed by atoms with Crippen molar-refractivity contribution in [2.75, 3.05) is 4.90 Å². The summed E-state index contributed by atoms with van der Waals surface area (Å²) in [7, 11) is 0. The Morgan fingerprint density at radius 2 is 1.12 bits per heavy atom. The molecule has 1 fully saturated rings. The molecule has 0 saturated carbocycles. The van der Waals surface area contributed by atoms with E-state index in [0.717, 1.165) is 25.7 Å². The summed E-state index contributed by atoms with van der Waals surface area (Å²) in [5, 5.41) is 0. The van der Waals surface area contributed by atoms with E-state index >= 15 is 0 Å². The summed E-state index contributed by atoms with van der Waals surface area (Å²) in [6, 6.07) is 9.40. The van der Waals surface area contributed by atoms with Crippen LogP contribution in [0.2, 0.25) is 0 Å². The Hall–Kier alpha value is -1.64. The van der Waals surface area contributed by atoms with Crippen molar-refractivity contribution in [2.24, 2.45) is 22.7 Å². The molecule has 0 bridgehead atoms. The molecule has 1 aliphatic heterocycles. The molecule has 1 aliphatic rings. The zero-order valence-corrected chi connectivity index (χ0v) is 16.6. The molecule has 3 heteroatoms. The lowest BCUT2D eigenvalue weighted by Crippen LogP contribution is -2.42. The van der Waals surface area contributed by atoms with Crippen LogP contribution in [0.1, 0.15) is 67.2 Å². The number of benzene rings is 1. The first kappa shape index (κ1) is 19.7. The standard InChI is InChI=1S/C22H33NO2/c1-7-21(5,8-2)17-18(22(6,9-3)10-4)20(25)23(19(17)24)16-14-12-11-13-15-16/h11-15,17-18H,7-10H2,1-6H3. The van der Waals surface area contributed by atoms with Crippen molar-refractivity contribution in [3.63, 3.8) is 0 Å². The number of hydrogen-bond donors (Lipinski definition) is 0. The summed E-state index contributed by atoms with van der Waals surface area (Å²) in [4.78, 5) is 28.4. The molecule has 3 nitrogen and oxygen atoms in total. The van der Waals surface area contributed by atoms with Crippen LogP contribution >= 0.6 is 0 Å². The highest BCUT2D eigenvalue weighted by Crippen LogP contribution is 2.53. The van der Waals surface area contributed by atoms with Crippen LogP contribution in [-0.4, -0.2) is 11.8 Å². The van der Waals surface area contributed by atoms with E-state index in [4.69, 9.17) is 0 Å². The molecule has 2 amide bonds. The van der Waals surface area contributed by atoms with Gasteiger partial charge in [-0.05, 0) is 48.6 Å². The molecule has 2 atom stereocenters. The van der Waals surface area contributed by atoms with Gasteiger partial charge < -0.3 is 0 Å². The number of nitrogens with zero attached hydrogens (tertiary/aromatic N) is 1. The maximum atomic E-state index is 13.5. The number of para-hydroxylation sites is 1. The SMILES string of the molecule is CCC(C)(CC)C1C(=O)N(c2ccccc2)C(=O)C1C(C)(CC)CC. The molecule has 0 N–H and O–H groups in total. The monoisotopic (exact) mass is 343 g/mol. The van der Waals surface area contributed by atoms with Crippen molar-refractivity contribution in [2.45, 2.75) is 67.2 Å². The number of carbonyl (C=O) groups is 2. The molecule has 0 aromatic heterocycles. The highest BCUT2D eigenvalue weighted by Gasteiger charge is 2.59. The Balaban J connectivity index is 2.61. The molecule has 1 aromatic carbocycles. The molecule has 0 radical (unpaired) electrons. The average Bonchev–Trinajstić information content (AvgIpc) is 2.92. The second-order valence-electron chi connectivity index (χ2n) is 8.03. The van der Waals surface area contributed by atoms with Crippen LogP contribution in [0.4, 0.5) is 5.69 Å². The van der Waals surface area contributed by atoms with E-state index in [0.29, 0.717) is 5.69 Å². The molecule has 138 valence electrons. The van der Waals surface area contributed by atoms with Crippen LogP contribution in [0, 0.1) is 22.7 Å². The van der Waals surface area contributed by atoms with E-state index < -0.39 is 0 Å². The molecule has 1 aromatic rings. The Morgan fingerprint density at radius 1 is 0.760 bits per heavy atom. The minimum atomic E-state index is -0.250. The van der Waals surface area contributed by atoms with Crippen LogP contribution in [0.15, 0.2) is 30.3 Å². The molecular weight excluding hydrogens is 310 g/mol. The topological polar surface area (TPSA) is 37.4 Å². The first-order chi connectivity index (χ1) is 11.8. The van der Waals surface area contributed by atoms with Gasteiger partial charge in [-0.3, -0.25) is 14.5 Å². The van der Waals surface area contributed by atoms with Crippen molar-refractivity contribution in [1.29, 1.82) is 0 Å². The number of imide groups is 1. The second-order valence-corrected chi connectivity index (χ2v) is 8.03. The quantitative estimate of drug-likeness (QED) is 0.618. The van der Waals surface area contributed by atoms with E-state index in [1.54, 1.807) is 0 Å². The van der Waals surface area contributed by atoms with Gasteiger partial charge in [-0.1, -0.05) is 59.7 Å². The van der Waals surface area contributed by atoms with E-state index in [1.165, 1.54) is 4.90 Å². The second kappa shape index (κ2) is 7.31. The van der Waals surface area contributed by atoms with Crippen molar-refractivity contribution in [3.8, 4) is 0 Å². The van der Waals surface area contributed by atoms with Crippen molar-refractivity contribution < 1.29 is 9.59 Å². The van der Waals surface area contributed by atoms with Gasteiger partial charge >= 0.3 is 0 Å².